The van der Waals surface area contributed by atoms with Gasteiger partial charge in [-0.3, -0.25) is 4.79 Å². The predicted molar refractivity (Wildman–Crippen MR) is 94.0 cm³/mol. The third kappa shape index (κ3) is 4.12. The minimum absolute atomic E-state index is 0.0788. The van der Waals surface area contributed by atoms with Crippen LogP contribution in [0.5, 0.6) is 0 Å². The van der Waals surface area contributed by atoms with E-state index in [2.05, 4.69) is 11.9 Å². The quantitative estimate of drug-likeness (QED) is 0.795. The molecular weight excluding hydrogens is 316 g/mol. The smallest absolute Gasteiger partial charge is 0.327 e. The van der Waals surface area contributed by atoms with Gasteiger partial charge in [-0.25, -0.2) is 4.79 Å². The molecule has 2 aromatic carbocycles. The van der Waals surface area contributed by atoms with Gasteiger partial charge in [0.15, 0.2) is 0 Å². The van der Waals surface area contributed by atoms with Crippen molar-refractivity contribution in [2.45, 2.75) is 18.9 Å². The van der Waals surface area contributed by atoms with Crippen molar-refractivity contribution in [3.63, 3.8) is 0 Å². The van der Waals surface area contributed by atoms with E-state index in [0.29, 0.717) is 11.1 Å². The maximum Gasteiger partial charge on any atom is 0.327 e. The number of hydrogen-bond donors (Lipinski definition) is 2. The largest absolute Gasteiger partial charge is 0.480 e. The van der Waals surface area contributed by atoms with Crippen molar-refractivity contribution >= 4 is 11.9 Å². The second kappa shape index (κ2) is 7.93. The molecule has 0 spiro atoms. The monoisotopic (exact) mass is 334 g/mol. The third-order valence-corrected chi connectivity index (χ3v) is 3.96. The minimum Gasteiger partial charge on any atom is -0.480 e. The predicted octanol–water partition coefficient (Wildman–Crippen LogP) is 3.04. The second-order valence-corrected chi connectivity index (χ2v) is 5.63. The molecule has 25 heavy (non-hydrogen) atoms. The van der Waals surface area contributed by atoms with Crippen molar-refractivity contribution in [2.24, 2.45) is 0 Å². The van der Waals surface area contributed by atoms with Crippen LogP contribution >= 0.6 is 0 Å². The number of carboxylic acids is 1. The van der Waals surface area contributed by atoms with Crippen LogP contribution in [0.15, 0.2) is 66.7 Å². The Morgan fingerprint density at radius 2 is 1.72 bits per heavy atom. The highest BCUT2D eigenvalue weighted by Gasteiger charge is 2.34. The number of amides is 1. The summed E-state index contributed by atoms with van der Waals surface area (Å²) in [6.45, 7) is 5.52. The van der Waals surface area contributed by atoms with Crippen LogP contribution in [0.2, 0.25) is 0 Å². The Morgan fingerprint density at radius 1 is 1.12 bits per heavy atom. The molecule has 2 aromatic rings. The van der Waals surface area contributed by atoms with Crippen LogP contribution in [0.1, 0.15) is 27.4 Å². The van der Waals surface area contributed by atoms with E-state index in [1.165, 1.54) is 0 Å². The SMILES string of the molecule is C=C(C#N)[C@H](c1ccccc1C)[C@@H](NC(=O)c1ccccc1)C(=O)O. The fourth-order valence-electron chi connectivity index (χ4n) is 2.68. The Bertz CT molecular complexity index is 838. The Hall–Kier alpha value is -3.39. The van der Waals surface area contributed by atoms with Crippen molar-refractivity contribution in [1.29, 1.82) is 5.26 Å². The molecule has 0 aliphatic heterocycles. The van der Waals surface area contributed by atoms with E-state index in [-0.39, 0.29) is 5.57 Å². The first-order valence-corrected chi connectivity index (χ1v) is 7.69. The number of nitrogens with one attached hydrogen (secondary N) is 1. The Morgan fingerprint density at radius 3 is 2.28 bits per heavy atom. The number of benzene rings is 2. The highest BCUT2D eigenvalue weighted by molar-refractivity contribution is 5.97. The molecule has 2 N–H and O–H groups in total. The summed E-state index contributed by atoms with van der Waals surface area (Å²) in [5, 5.41) is 21.5. The number of aliphatic carboxylic acids is 1. The zero-order valence-electron chi connectivity index (χ0n) is 13.8. The van der Waals surface area contributed by atoms with Crippen LogP contribution in [-0.2, 0) is 4.79 Å². The summed E-state index contributed by atoms with van der Waals surface area (Å²) < 4.78 is 0. The van der Waals surface area contributed by atoms with Crippen molar-refractivity contribution in [1.82, 2.24) is 5.32 Å². The lowest BCUT2D eigenvalue weighted by Gasteiger charge is -2.26. The van der Waals surface area contributed by atoms with Gasteiger partial charge in [0.05, 0.1) is 6.07 Å². The lowest BCUT2D eigenvalue weighted by atomic mass is 9.83. The van der Waals surface area contributed by atoms with Gasteiger partial charge in [-0.1, -0.05) is 49.0 Å². The number of nitrogens with zero attached hydrogens (tertiary/aromatic N) is 1. The van der Waals surface area contributed by atoms with Gasteiger partial charge < -0.3 is 10.4 Å². The van der Waals surface area contributed by atoms with E-state index >= 15 is 0 Å². The second-order valence-electron chi connectivity index (χ2n) is 5.63. The van der Waals surface area contributed by atoms with Crippen molar-refractivity contribution in [3.8, 4) is 6.07 Å². The van der Waals surface area contributed by atoms with Gasteiger partial charge in [0, 0.05) is 17.1 Å². The molecule has 1 amide bonds. The Balaban J connectivity index is 2.42. The fraction of sp³-hybridized carbons (Fsp3) is 0.150. The highest BCUT2D eigenvalue weighted by Crippen LogP contribution is 2.29. The Labute approximate surface area is 146 Å². The Kier molecular flexibility index (Phi) is 5.70. The molecule has 5 nitrogen and oxygen atoms in total. The van der Waals surface area contributed by atoms with Crippen molar-refractivity contribution in [3.05, 3.63) is 83.4 Å². The van der Waals surface area contributed by atoms with E-state index < -0.39 is 23.8 Å². The molecule has 0 bridgehead atoms. The molecule has 0 saturated heterocycles. The number of carboxylic acid groups (broad SMARTS) is 1. The molecular formula is C20H18N2O3. The van der Waals surface area contributed by atoms with Crippen LogP contribution < -0.4 is 5.32 Å². The summed E-state index contributed by atoms with van der Waals surface area (Å²) in [6.07, 6.45) is 0. The summed E-state index contributed by atoms with van der Waals surface area (Å²) in [5.74, 6) is -2.59. The first-order valence-electron chi connectivity index (χ1n) is 7.69. The van der Waals surface area contributed by atoms with Gasteiger partial charge in [0.25, 0.3) is 5.91 Å². The molecule has 0 radical (unpaired) electrons. The summed E-state index contributed by atoms with van der Waals surface area (Å²) in [5.41, 5.74) is 1.90. The molecule has 126 valence electrons. The molecule has 0 saturated carbocycles. The minimum atomic E-state index is -1.30. The first-order chi connectivity index (χ1) is 12.0. The van der Waals surface area contributed by atoms with Gasteiger partial charge in [-0.15, -0.1) is 0 Å². The zero-order valence-corrected chi connectivity index (χ0v) is 13.8. The number of aryl methyl sites for hydroxylation is 1. The van der Waals surface area contributed by atoms with Gasteiger partial charge in [-0.05, 0) is 30.2 Å². The maximum absolute atomic E-state index is 12.4. The number of carbonyl (C=O) groups is 2. The van der Waals surface area contributed by atoms with Crippen molar-refractivity contribution in [2.75, 3.05) is 0 Å². The van der Waals surface area contributed by atoms with Gasteiger partial charge in [0.1, 0.15) is 6.04 Å². The third-order valence-electron chi connectivity index (χ3n) is 3.96. The summed E-state index contributed by atoms with van der Waals surface area (Å²) in [6, 6.07) is 16.1. The van der Waals surface area contributed by atoms with Crippen LogP contribution in [0.25, 0.3) is 0 Å². The van der Waals surface area contributed by atoms with Crippen LogP contribution in [0.4, 0.5) is 0 Å². The van der Waals surface area contributed by atoms with Crippen LogP contribution in [0, 0.1) is 18.3 Å². The van der Waals surface area contributed by atoms with Gasteiger partial charge in [-0.2, -0.15) is 5.26 Å². The summed E-state index contributed by atoms with van der Waals surface area (Å²) in [7, 11) is 0. The van der Waals surface area contributed by atoms with Crippen molar-refractivity contribution < 1.29 is 14.7 Å². The molecule has 0 aliphatic carbocycles. The van der Waals surface area contributed by atoms with E-state index in [1.54, 1.807) is 42.5 Å². The van der Waals surface area contributed by atoms with Gasteiger partial charge >= 0.3 is 5.97 Å². The summed E-state index contributed by atoms with van der Waals surface area (Å²) >= 11 is 0. The zero-order chi connectivity index (χ0) is 18.4. The topological polar surface area (TPSA) is 90.2 Å². The van der Waals surface area contributed by atoms with E-state index in [4.69, 9.17) is 0 Å². The first kappa shape index (κ1) is 18.0. The van der Waals surface area contributed by atoms with E-state index in [0.717, 1.165) is 5.56 Å². The molecule has 5 heteroatoms. The molecule has 0 aromatic heterocycles. The molecule has 0 heterocycles. The molecule has 0 unspecified atom stereocenters. The van der Waals surface area contributed by atoms with E-state index in [9.17, 15) is 20.0 Å². The lowest BCUT2D eigenvalue weighted by molar-refractivity contribution is -0.139. The molecule has 0 fully saturated rings. The van der Waals surface area contributed by atoms with Crippen LogP contribution in [-0.4, -0.2) is 23.0 Å². The standard InChI is InChI=1S/C20H18N2O3/c1-13-8-6-7-11-16(13)17(14(2)12-21)18(20(24)25)22-19(23)15-9-4-3-5-10-15/h3-11,17-18H,2H2,1H3,(H,22,23)(H,24,25)/t17-,18-/m1/s1. The number of carbonyl (C=O) groups excluding carboxylic acids is 1. The molecule has 2 atom stereocenters. The average molecular weight is 334 g/mol. The number of hydrogen-bond acceptors (Lipinski definition) is 3. The lowest BCUT2D eigenvalue weighted by Crippen LogP contribution is -2.45. The molecule has 2 rings (SSSR count). The summed E-state index contributed by atoms with van der Waals surface area (Å²) in [4.78, 5) is 24.3. The maximum atomic E-state index is 12.4. The van der Waals surface area contributed by atoms with Crippen LogP contribution in [0.3, 0.4) is 0 Å². The average Bonchev–Trinajstić information content (AvgIpc) is 2.62. The highest BCUT2D eigenvalue weighted by atomic mass is 16.4. The fourth-order valence-corrected chi connectivity index (χ4v) is 2.68. The number of nitriles is 1. The number of rotatable bonds is 6. The van der Waals surface area contributed by atoms with Gasteiger partial charge in [0.2, 0.25) is 0 Å². The molecule has 0 aliphatic rings. The normalized spacial score (nSPS) is 12.5. The van der Waals surface area contributed by atoms with E-state index in [1.807, 2.05) is 25.1 Å².